The molecule has 180 valence electrons. The van der Waals surface area contributed by atoms with Gasteiger partial charge < -0.3 is 19.9 Å². The van der Waals surface area contributed by atoms with Gasteiger partial charge >= 0.3 is 18.3 Å². The van der Waals surface area contributed by atoms with E-state index in [4.69, 9.17) is 9.84 Å². The largest absolute Gasteiger partial charge is 0.496 e. The summed E-state index contributed by atoms with van der Waals surface area (Å²) in [7, 11) is 1.27. The van der Waals surface area contributed by atoms with Crippen molar-refractivity contribution in [1.29, 1.82) is 0 Å². The van der Waals surface area contributed by atoms with Gasteiger partial charge in [-0.05, 0) is 35.4 Å². The highest BCUT2D eigenvalue weighted by molar-refractivity contribution is 5.97. The lowest BCUT2D eigenvalue weighted by Crippen LogP contribution is -2.31. The van der Waals surface area contributed by atoms with E-state index in [-0.39, 0.29) is 23.4 Å². The molecule has 0 radical (unpaired) electrons. The molecule has 2 aromatic carbocycles. The number of ether oxygens (including phenoxy) is 2. The van der Waals surface area contributed by atoms with E-state index in [1.54, 1.807) is 0 Å². The molecule has 0 saturated heterocycles. The highest BCUT2D eigenvalue weighted by Gasteiger charge is 2.32. The Morgan fingerprint density at radius 3 is 2.12 bits per heavy atom. The Balaban J connectivity index is 2.12. The van der Waals surface area contributed by atoms with E-state index in [2.05, 4.69) is 10.1 Å². The average molecular weight is 479 g/mol. The number of rotatable bonds is 9. The lowest BCUT2D eigenvalue weighted by molar-refractivity contribution is -0.192. The summed E-state index contributed by atoms with van der Waals surface area (Å²) in [6.07, 6.45) is -11.5. The average Bonchev–Trinajstić information content (AvgIpc) is 2.73. The van der Waals surface area contributed by atoms with Gasteiger partial charge in [0.05, 0.1) is 18.2 Å². The molecular formula is C21H19F6NO5. The van der Waals surface area contributed by atoms with Gasteiger partial charge in [0, 0.05) is 13.0 Å². The Labute approximate surface area is 184 Å². The SMILES string of the molecule is COc1ccc(CC(OCC(F)(F)F)C(=O)O)cc1C(=O)NCc1ccc(C(F)(F)F)cc1. The quantitative estimate of drug-likeness (QED) is 0.527. The van der Waals surface area contributed by atoms with Crippen LogP contribution in [0.5, 0.6) is 5.75 Å². The van der Waals surface area contributed by atoms with Crippen LogP contribution in [-0.4, -0.2) is 43.0 Å². The molecule has 0 saturated carbocycles. The molecule has 33 heavy (non-hydrogen) atoms. The molecular weight excluding hydrogens is 460 g/mol. The number of carboxylic acids is 1. The number of carbonyl (C=O) groups is 2. The number of methoxy groups -OCH3 is 1. The first-order valence-electron chi connectivity index (χ1n) is 9.32. The van der Waals surface area contributed by atoms with Gasteiger partial charge in [-0.1, -0.05) is 18.2 Å². The number of hydrogen-bond acceptors (Lipinski definition) is 4. The fourth-order valence-electron chi connectivity index (χ4n) is 2.78. The lowest BCUT2D eigenvalue weighted by atomic mass is 10.0. The zero-order chi connectivity index (χ0) is 24.8. The molecule has 1 atom stereocenters. The third-order valence-corrected chi connectivity index (χ3v) is 4.39. The molecule has 0 fully saturated rings. The maximum Gasteiger partial charge on any atom is 0.416 e. The van der Waals surface area contributed by atoms with Crippen LogP contribution < -0.4 is 10.1 Å². The van der Waals surface area contributed by atoms with Gasteiger partial charge in [0.15, 0.2) is 6.10 Å². The third kappa shape index (κ3) is 7.97. The number of amides is 1. The maximum atomic E-state index is 12.6. The van der Waals surface area contributed by atoms with Crippen LogP contribution >= 0.6 is 0 Å². The van der Waals surface area contributed by atoms with E-state index in [1.165, 1.54) is 37.4 Å². The Hall–Kier alpha value is -3.28. The molecule has 0 aliphatic rings. The smallest absolute Gasteiger partial charge is 0.416 e. The number of hydrogen-bond donors (Lipinski definition) is 2. The van der Waals surface area contributed by atoms with Crippen LogP contribution in [0.25, 0.3) is 0 Å². The van der Waals surface area contributed by atoms with Crippen molar-refractivity contribution in [3.05, 3.63) is 64.7 Å². The molecule has 12 heteroatoms. The minimum Gasteiger partial charge on any atom is -0.496 e. The molecule has 2 aromatic rings. The van der Waals surface area contributed by atoms with Gasteiger partial charge in [-0.25, -0.2) is 4.79 Å². The van der Waals surface area contributed by atoms with Gasteiger partial charge in [0.25, 0.3) is 5.91 Å². The van der Waals surface area contributed by atoms with E-state index in [9.17, 15) is 35.9 Å². The van der Waals surface area contributed by atoms with Crippen LogP contribution in [0.1, 0.15) is 27.0 Å². The normalized spacial score (nSPS) is 12.8. The van der Waals surface area contributed by atoms with Gasteiger partial charge in [-0.15, -0.1) is 0 Å². The van der Waals surface area contributed by atoms with Gasteiger partial charge in [0.1, 0.15) is 12.4 Å². The number of nitrogens with one attached hydrogen (secondary N) is 1. The summed E-state index contributed by atoms with van der Waals surface area (Å²) in [6.45, 7) is -1.86. The Morgan fingerprint density at radius 2 is 1.61 bits per heavy atom. The lowest BCUT2D eigenvalue weighted by Gasteiger charge is -2.16. The number of carboxylic acid groups (broad SMARTS) is 1. The van der Waals surface area contributed by atoms with E-state index in [0.29, 0.717) is 5.56 Å². The molecule has 0 bridgehead atoms. The van der Waals surface area contributed by atoms with Crippen molar-refractivity contribution in [2.75, 3.05) is 13.7 Å². The van der Waals surface area contributed by atoms with Crippen molar-refractivity contribution < 1.29 is 50.5 Å². The van der Waals surface area contributed by atoms with Crippen molar-refractivity contribution in [2.24, 2.45) is 0 Å². The predicted molar refractivity (Wildman–Crippen MR) is 103 cm³/mol. The van der Waals surface area contributed by atoms with Gasteiger partial charge in [-0.2, -0.15) is 26.3 Å². The topological polar surface area (TPSA) is 84.9 Å². The molecule has 0 heterocycles. The molecule has 2 rings (SSSR count). The highest BCUT2D eigenvalue weighted by Crippen LogP contribution is 2.29. The van der Waals surface area contributed by atoms with Crippen molar-refractivity contribution in [3.8, 4) is 5.75 Å². The summed E-state index contributed by atoms with van der Waals surface area (Å²) >= 11 is 0. The highest BCUT2D eigenvalue weighted by atomic mass is 19.4. The fraction of sp³-hybridized carbons (Fsp3) is 0.333. The van der Waals surface area contributed by atoms with Crippen LogP contribution in [0, 0.1) is 0 Å². The predicted octanol–water partition coefficient (Wildman–Crippen LogP) is 4.22. The molecule has 0 aliphatic carbocycles. The van der Waals surface area contributed by atoms with Crippen molar-refractivity contribution in [2.45, 2.75) is 31.4 Å². The zero-order valence-electron chi connectivity index (χ0n) is 17.1. The maximum absolute atomic E-state index is 12.6. The Morgan fingerprint density at radius 1 is 1.00 bits per heavy atom. The van der Waals surface area contributed by atoms with E-state index < -0.39 is 48.9 Å². The molecule has 1 amide bonds. The van der Waals surface area contributed by atoms with Crippen LogP contribution in [0.15, 0.2) is 42.5 Å². The summed E-state index contributed by atoms with van der Waals surface area (Å²) in [5.74, 6) is -2.19. The van der Waals surface area contributed by atoms with Crippen molar-refractivity contribution in [1.82, 2.24) is 5.32 Å². The molecule has 1 unspecified atom stereocenters. The molecule has 2 N–H and O–H groups in total. The summed E-state index contributed by atoms with van der Waals surface area (Å²) in [4.78, 5) is 23.8. The Bertz CT molecular complexity index is 973. The number of benzene rings is 2. The molecule has 6 nitrogen and oxygen atoms in total. The summed E-state index contributed by atoms with van der Waals surface area (Å²) in [5.41, 5.74) is -0.294. The van der Waals surface area contributed by atoms with Crippen LogP contribution in [0.4, 0.5) is 26.3 Å². The molecule has 0 aliphatic heterocycles. The van der Waals surface area contributed by atoms with Gasteiger partial charge in [-0.3, -0.25) is 4.79 Å². The number of alkyl halides is 6. The minimum atomic E-state index is -4.71. The van der Waals surface area contributed by atoms with E-state index in [0.717, 1.165) is 12.1 Å². The second kappa shape index (κ2) is 10.6. The summed E-state index contributed by atoms with van der Waals surface area (Å²) in [5, 5.41) is 11.6. The standard InChI is InChI=1S/C21H19F6NO5/c1-32-16-7-4-13(9-17(19(30)31)33-11-20(22,23)24)8-15(16)18(29)28-10-12-2-5-14(6-3-12)21(25,26)27/h2-8,17H,9-11H2,1H3,(H,28,29)(H,30,31). The summed E-state index contributed by atoms with van der Waals surface area (Å²) < 4.78 is 84.5. The van der Waals surface area contributed by atoms with Crippen molar-refractivity contribution in [3.63, 3.8) is 0 Å². The minimum absolute atomic E-state index is 0.0399. The first kappa shape index (κ1) is 26.0. The number of halogens is 6. The second-order valence-electron chi connectivity index (χ2n) is 6.87. The number of aliphatic carboxylic acids is 1. The zero-order valence-corrected chi connectivity index (χ0v) is 17.1. The fourth-order valence-corrected chi connectivity index (χ4v) is 2.78. The summed E-state index contributed by atoms with van der Waals surface area (Å²) in [6, 6.07) is 8.10. The molecule has 0 spiro atoms. The third-order valence-electron chi connectivity index (χ3n) is 4.39. The first-order valence-corrected chi connectivity index (χ1v) is 9.32. The van der Waals surface area contributed by atoms with E-state index in [1.807, 2.05) is 0 Å². The van der Waals surface area contributed by atoms with Crippen molar-refractivity contribution >= 4 is 11.9 Å². The monoisotopic (exact) mass is 479 g/mol. The van der Waals surface area contributed by atoms with Crippen LogP contribution in [0.2, 0.25) is 0 Å². The van der Waals surface area contributed by atoms with Crippen LogP contribution in [0.3, 0.4) is 0 Å². The second-order valence-corrected chi connectivity index (χ2v) is 6.87. The van der Waals surface area contributed by atoms with E-state index >= 15 is 0 Å². The van der Waals surface area contributed by atoms with Crippen LogP contribution in [-0.2, 0) is 28.7 Å². The number of carbonyl (C=O) groups excluding carboxylic acids is 1. The Kier molecular flexibility index (Phi) is 8.31. The molecule has 0 aromatic heterocycles. The van der Waals surface area contributed by atoms with Gasteiger partial charge in [0.2, 0.25) is 0 Å². The first-order chi connectivity index (χ1) is 15.3.